The van der Waals surface area contributed by atoms with Crippen molar-refractivity contribution in [2.75, 3.05) is 11.1 Å². The molecule has 0 aliphatic heterocycles. The molecule has 0 unspecified atom stereocenters. The van der Waals surface area contributed by atoms with Crippen LogP contribution in [-0.4, -0.2) is 6.04 Å². The van der Waals surface area contributed by atoms with Crippen LogP contribution in [0.25, 0.3) is 0 Å². The average Bonchev–Trinajstić information content (AvgIpc) is 2.78. The predicted octanol–water partition coefficient (Wildman–Crippen LogP) is 3.81. The summed E-state index contributed by atoms with van der Waals surface area (Å²) in [5, 5.41) is 4.20. The van der Waals surface area contributed by atoms with Gasteiger partial charge in [-0.25, -0.2) is 0 Å². The molecule has 3 N–H and O–H groups in total. The van der Waals surface area contributed by atoms with Crippen molar-refractivity contribution in [3.05, 3.63) is 58.1 Å². The minimum Gasteiger partial charge on any atom is -0.398 e. The summed E-state index contributed by atoms with van der Waals surface area (Å²) in [6, 6.07) is 12.9. The molecule has 0 saturated heterocycles. The molecule has 19 heavy (non-hydrogen) atoms. The molecular formula is C16H17ClN2. The Morgan fingerprint density at radius 1 is 1.16 bits per heavy atom. The molecule has 0 heterocycles. The van der Waals surface area contributed by atoms with Gasteiger partial charge in [-0.3, -0.25) is 0 Å². The molecule has 0 amide bonds. The van der Waals surface area contributed by atoms with Crippen LogP contribution in [0.3, 0.4) is 0 Å². The fraction of sp³-hybridized carbons (Fsp3) is 0.250. The molecule has 3 heteroatoms. The number of fused-ring (bicyclic) bond motifs is 1. The molecule has 98 valence electrons. The van der Waals surface area contributed by atoms with Gasteiger partial charge in [0.15, 0.2) is 0 Å². The highest BCUT2D eigenvalue weighted by atomic mass is 35.5. The molecule has 2 aromatic carbocycles. The number of halogens is 1. The van der Waals surface area contributed by atoms with Crippen molar-refractivity contribution in [3.63, 3.8) is 0 Å². The van der Waals surface area contributed by atoms with Gasteiger partial charge in [-0.2, -0.15) is 0 Å². The Labute approximate surface area is 118 Å². The van der Waals surface area contributed by atoms with Crippen LogP contribution >= 0.6 is 11.6 Å². The molecule has 2 nitrogen and oxygen atoms in total. The lowest BCUT2D eigenvalue weighted by atomic mass is 10.1. The second-order valence-electron chi connectivity index (χ2n) is 5.21. The first kappa shape index (κ1) is 12.4. The molecule has 0 spiro atoms. The van der Waals surface area contributed by atoms with Gasteiger partial charge in [-0.05, 0) is 48.6 Å². The first-order chi connectivity index (χ1) is 9.13. The maximum atomic E-state index is 6.10. The van der Waals surface area contributed by atoms with Crippen molar-refractivity contribution >= 4 is 23.0 Å². The highest BCUT2D eigenvalue weighted by Crippen LogP contribution is 2.30. The first-order valence-electron chi connectivity index (χ1n) is 6.52. The molecule has 0 aromatic heterocycles. The molecule has 0 atom stereocenters. The third kappa shape index (κ3) is 2.41. The minimum absolute atomic E-state index is 0.441. The Morgan fingerprint density at radius 3 is 2.42 bits per heavy atom. The number of nitrogens with two attached hydrogens (primary N) is 1. The standard InChI is InChI=1S/C16H17ClN2/c1-10-6-15(18)14(17)9-16(10)19-13-7-11-4-2-3-5-12(11)8-13/h2-6,9,13,19H,7-8,18H2,1H3. The van der Waals surface area contributed by atoms with E-state index in [9.17, 15) is 0 Å². The van der Waals surface area contributed by atoms with Crippen molar-refractivity contribution in [2.45, 2.75) is 25.8 Å². The van der Waals surface area contributed by atoms with Gasteiger partial charge < -0.3 is 11.1 Å². The predicted molar refractivity (Wildman–Crippen MR) is 81.9 cm³/mol. The van der Waals surface area contributed by atoms with E-state index in [1.807, 2.05) is 12.1 Å². The summed E-state index contributed by atoms with van der Waals surface area (Å²) >= 11 is 6.10. The second kappa shape index (κ2) is 4.78. The fourth-order valence-electron chi connectivity index (χ4n) is 2.74. The number of rotatable bonds is 2. The maximum absolute atomic E-state index is 6.10. The summed E-state index contributed by atoms with van der Waals surface area (Å²) in [6.45, 7) is 2.05. The number of nitrogen functional groups attached to an aromatic ring is 1. The van der Waals surface area contributed by atoms with Crippen LogP contribution < -0.4 is 11.1 Å². The normalized spacial score (nSPS) is 14.4. The van der Waals surface area contributed by atoms with Crippen molar-refractivity contribution < 1.29 is 0 Å². The Balaban J connectivity index is 1.79. The molecule has 3 rings (SSSR count). The second-order valence-corrected chi connectivity index (χ2v) is 5.61. The van der Waals surface area contributed by atoms with Gasteiger partial charge in [0.25, 0.3) is 0 Å². The Hall–Kier alpha value is -1.67. The molecule has 1 aliphatic carbocycles. The number of hydrogen-bond donors (Lipinski definition) is 2. The summed E-state index contributed by atoms with van der Waals surface area (Å²) < 4.78 is 0. The molecule has 0 saturated carbocycles. The highest BCUT2D eigenvalue weighted by molar-refractivity contribution is 6.33. The van der Waals surface area contributed by atoms with E-state index in [-0.39, 0.29) is 0 Å². The van der Waals surface area contributed by atoms with Gasteiger partial charge in [0, 0.05) is 11.7 Å². The average molecular weight is 273 g/mol. The molecule has 1 aliphatic rings. The van der Waals surface area contributed by atoms with Crippen molar-refractivity contribution in [1.82, 2.24) is 0 Å². The van der Waals surface area contributed by atoms with Crippen LogP contribution in [0, 0.1) is 6.92 Å². The summed E-state index contributed by atoms with van der Waals surface area (Å²) in [5.41, 5.74) is 11.6. The largest absolute Gasteiger partial charge is 0.398 e. The van der Waals surface area contributed by atoms with Gasteiger partial charge in [-0.1, -0.05) is 35.9 Å². The maximum Gasteiger partial charge on any atom is 0.0656 e. The number of anilines is 2. The van der Waals surface area contributed by atoms with E-state index < -0.39 is 0 Å². The van der Waals surface area contributed by atoms with E-state index in [1.54, 1.807) is 0 Å². The number of hydrogen-bond acceptors (Lipinski definition) is 2. The van der Waals surface area contributed by atoms with Crippen LogP contribution in [0.15, 0.2) is 36.4 Å². The molecule has 0 radical (unpaired) electrons. The topological polar surface area (TPSA) is 38.0 Å². The van der Waals surface area contributed by atoms with Crippen LogP contribution in [0.1, 0.15) is 16.7 Å². The summed E-state index contributed by atoms with van der Waals surface area (Å²) in [6.07, 6.45) is 2.13. The number of nitrogens with one attached hydrogen (secondary N) is 1. The van der Waals surface area contributed by atoms with E-state index in [1.165, 1.54) is 11.1 Å². The van der Waals surface area contributed by atoms with E-state index in [0.29, 0.717) is 16.8 Å². The van der Waals surface area contributed by atoms with Gasteiger partial charge in [-0.15, -0.1) is 0 Å². The van der Waals surface area contributed by atoms with Gasteiger partial charge in [0.05, 0.1) is 10.7 Å². The van der Waals surface area contributed by atoms with Crippen LogP contribution in [0.2, 0.25) is 5.02 Å². The van der Waals surface area contributed by atoms with Crippen LogP contribution in [0.5, 0.6) is 0 Å². The molecular weight excluding hydrogens is 256 g/mol. The Morgan fingerprint density at radius 2 is 1.79 bits per heavy atom. The van der Waals surface area contributed by atoms with E-state index in [0.717, 1.165) is 24.1 Å². The molecule has 2 aromatic rings. The minimum atomic E-state index is 0.441. The third-order valence-corrected chi connectivity index (χ3v) is 4.08. The lowest BCUT2D eigenvalue weighted by molar-refractivity contribution is 0.773. The zero-order chi connectivity index (χ0) is 13.4. The molecule has 0 bridgehead atoms. The van der Waals surface area contributed by atoms with Gasteiger partial charge >= 0.3 is 0 Å². The van der Waals surface area contributed by atoms with Gasteiger partial charge in [0.1, 0.15) is 0 Å². The Kier molecular flexibility index (Phi) is 3.11. The summed E-state index contributed by atoms with van der Waals surface area (Å²) in [4.78, 5) is 0. The number of aryl methyl sites for hydroxylation is 1. The van der Waals surface area contributed by atoms with E-state index in [2.05, 4.69) is 36.5 Å². The van der Waals surface area contributed by atoms with E-state index in [4.69, 9.17) is 17.3 Å². The van der Waals surface area contributed by atoms with Crippen LogP contribution in [0.4, 0.5) is 11.4 Å². The van der Waals surface area contributed by atoms with E-state index >= 15 is 0 Å². The highest BCUT2D eigenvalue weighted by Gasteiger charge is 2.21. The van der Waals surface area contributed by atoms with Gasteiger partial charge in [0.2, 0.25) is 0 Å². The van der Waals surface area contributed by atoms with Crippen molar-refractivity contribution in [1.29, 1.82) is 0 Å². The zero-order valence-electron chi connectivity index (χ0n) is 10.9. The zero-order valence-corrected chi connectivity index (χ0v) is 11.7. The quantitative estimate of drug-likeness (QED) is 0.816. The first-order valence-corrected chi connectivity index (χ1v) is 6.90. The summed E-state index contributed by atoms with van der Waals surface area (Å²) in [5.74, 6) is 0. The lowest BCUT2D eigenvalue weighted by Gasteiger charge is -2.17. The fourth-order valence-corrected chi connectivity index (χ4v) is 2.90. The number of benzene rings is 2. The van der Waals surface area contributed by atoms with Crippen molar-refractivity contribution in [3.8, 4) is 0 Å². The van der Waals surface area contributed by atoms with Crippen LogP contribution in [-0.2, 0) is 12.8 Å². The third-order valence-electron chi connectivity index (χ3n) is 3.75. The summed E-state index contributed by atoms with van der Waals surface area (Å²) in [7, 11) is 0. The SMILES string of the molecule is Cc1cc(N)c(Cl)cc1NC1Cc2ccccc2C1. The van der Waals surface area contributed by atoms with Crippen molar-refractivity contribution in [2.24, 2.45) is 0 Å². The lowest BCUT2D eigenvalue weighted by Crippen LogP contribution is -2.20. The monoisotopic (exact) mass is 272 g/mol. The Bertz CT molecular complexity index is 597. The molecule has 0 fully saturated rings. The smallest absolute Gasteiger partial charge is 0.0656 e.